The number of fused-ring (bicyclic) bond motifs is 1. The van der Waals surface area contributed by atoms with Crippen molar-refractivity contribution >= 4 is 33.2 Å². The second-order valence-corrected chi connectivity index (χ2v) is 10.5. The molecule has 1 aliphatic heterocycles. The van der Waals surface area contributed by atoms with Gasteiger partial charge < -0.3 is 19.7 Å². The lowest BCUT2D eigenvalue weighted by molar-refractivity contribution is -0.118. The zero-order valence-corrected chi connectivity index (χ0v) is 21.0. The summed E-state index contributed by atoms with van der Waals surface area (Å²) in [6, 6.07) is 18.3. The van der Waals surface area contributed by atoms with E-state index in [-0.39, 0.29) is 23.3 Å². The number of methoxy groups -OCH3 is 1. The summed E-state index contributed by atoms with van der Waals surface area (Å²) in [6.07, 6.45) is 0.730. The van der Waals surface area contributed by atoms with Crippen molar-refractivity contribution in [3.05, 3.63) is 77.9 Å². The second kappa shape index (κ2) is 10.4. The van der Waals surface area contributed by atoms with Gasteiger partial charge in [0.25, 0.3) is 11.8 Å². The van der Waals surface area contributed by atoms with E-state index in [4.69, 9.17) is 9.47 Å². The van der Waals surface area contributed by atoms with Crippen LogP contribution in [0.15, 0.2) is 71.6 Å². The van der Waals surface area contributed by atoms with Crippen LogP contribution >= 0.6 is 0 Å². The van der Waals surface area contributed by atoms with Crippen molar-refractivity contribution < 1.29 is 27.5 Å². The van der Waals surface area contributed by atoms with Crippen molar-refractivity contribution in [2.75, 3.05) is 44.6 Å². The molecule has 0 saturated heterocycles. The molecule has 1 aliphatic rings. The third-order valence-corrected chi connectivity index (χ3v) is 7.65. The molecule has 188 valence electrons. The molecule has 0 aliphatic carbocycles. The smallest absolute Gasteiger partial charge is 0.262 e. The fraction of sp³-hybridized carbons (Fsp3) is 0.231. The lowest BCUT2D eigenvalue weighted by Gasteiger charge is -2.18. The number of amides is 2. The summed E-state index contributed by atoms with van der Waals surface area (Å²) in [5.41, 5.74) is 2.88. The standard InChI is InChI=1S/C26H27N3O6S/c1-28(2)36(32,33)23-12-10-22(11-13-23)35-17-25(30)27-20-7-4-18-14-15-29(24(18)16-20)26(31)19-5-8-21(34-3)9-6-19/h4-13,16H,14-15,17H2,1-3H3,(H,27,30). The highest BCUT2D eigenvalue weighted by Crippen LogP contribution is 2.32. The fourth-order valence-electron chi connectivity index (χ4n) is 3.82. The maximum absolute atomic E-state index is 13.1. The predicted molar refractivity (Wildman–Crippen MR) is 136 cm³/mol. The Morgan fingerprint density at radius 3 is 2.28 bits per heavy atom. The number of ether oxygens (including phenoxy) is 2. The minimum absolute atomic E-state index is 0.122. The van der Waals surface area contributed by atoms with Crippen molar-refractivity contribution in [1.82, 2.24) is 4.31 Å². The molecule has 2 amide bonds. The van der Waals surface area contributed by atoms with E-state index in [1.54, 1.807) is 48.4 Å². The number of nitrogens with zero attached hydrogens (tertiary/aromatic N) is 2. The van der Waals surface area contributed by atoms with Crippen LogP contribution in [0.2, 0.25) is 0 Å². The van der Waals surface area contributed by atoms with Gasteiger partial charge in [0.05, 0.1) is 12.0 Å². The molecule has 1 N–H and O–H groups in total. The number of benzene rings is 3. The molecule has 0 radical (unpaired) electrons. The SMILES string of the molecule is COc1ccc(C(=O)N2CCc3ccc(NC(=O)COc4ccc(S(=O)(=O)N(C)C)cc4)cc32)cc1. The summed E-state index contributed by atoms with van der Waals surface area (Å²) in [4.78, 5) is 27.4. The van der Waals surface area contributed by atoms with Gasteiger partial charge in [-0.1, -0.05) is 6.07 Å². The Balaban J connectivity index is 1.39. The molecule has 0 atom stereocenters. The first-order valence-electron chi connectivity index (χ1n) is 11.2. The third kappa shape index (κ3) is 5.34. The van der Waals surface area contributed by atoms with Crippen LogP contribution < -0.4 is 19.7 Å². The first-order chi connectivity index (χ1) is 17.2. The molecular weight excluding hydrogens is 482 g/mol. The van der Waals surface area contributed by atoms with Crippen molar-refractivity contribution in [3.8, 4) is 11.5 Å². The van der Waals surface area contributed by atoms with E-state index >= 15 is 0 Å². The summed E-state index contributed by atoms with van der Waals surface area (Å²) in [7, 11) is 0.946. The third-order valence-electron chi connectivity index (χ3n) is 5.82. The van der Waals surface area contributed by atoms with Crippen LogP contribution in [0.5, 0.6) is 11.5 Å². The van der Waals surface area contributed by atoms with Crippen LogP contribution in [0.1, 0.15) is 15.9 Å². The molecule has 0 saturated carbocycles. The maximum Gasteiger partial charge on any atom is 0.262 e. The summed E-state index contributed by atoms with van der Waals surface area (Å²) in [5.74, 6) is 0.539. The number of sulfonamides is 1. The van der Waals surface area contributed by atoms with E-state index < -0.39 is 10.0 Å². The highest BCUT2D eigenvalue weighted by molar-refractivity contribution is 7.89. The number of hydrogen-bond donors (Lipinski definition) is 1. The van der Waals surface area contributed by atoms with Gasteiger partial charge >= 0.3 is 0 Å². The molecule has 0 unspecified atom stereocenters. The number of nitrogens with one attached hydrogen (secondary N) is 1. The molecular formula is C26H27N3O6S. The molecule has 3 aromatic rings. The van der Waals surface area contributed by atoms with Crippen molar-refractivity contribution in [2.45, 2.75) is 11.3 Å². The van der Waals surface area contributed by atoms with Crippen LogP contribution in [-0.2, 0) is 21.2 Å². The van der Waals surface area contributed by atoms with Crippen LogP contribution in [0, 0.1) is 0 Å². The van der Waals surface area contributed by atoms with Gasteiger partial charge in [-0.15, -0.1) is 0 Å². The Bertz CT molecular complexity index is 1370. The Hall–Kier alpha value is -3.89. The van der Waals surface area contributed by atoms with Gasteiger partial charge in [-0.05, 0) is 72.6 Å². The summed E-state index contributed by atoms with van der Waals surface area (Å²) in [5, 5.41) is 2.79. The Kier molecular flexibility index (Phi) is 7.27. The molecule has 0 spiro atoms. The molecule has 1 heterocycles. The average Bonchev–Trinajstić information content (AvgIpc) is 3.30. The summed E-state index contributed by atoms with van der Waals surface area (Å²) >= 11 is 0. The van der Waals surface area contributed by atoms with E-state index in [2.05, 4.69) is 5.32 Å². The molecule has 0 bridgehead atoms. The zero-order chi connectivity index (χ0) is 25.9. The first-order valence-corrected chi connectivity index (χ1v) is 12.7. The Morgan fingerprint density at radius 1 is 0.972 bits per heavy atom. The quantitative estimate of drug-likeness (QED) is 0.500. The minimum Gasteiger partial charge on any atom is -0.497 e. The monoisotopic (exact) mass is 509 g/mol. The molecule has 10 heteroatoms. The molecule has 36 heavy (non-hydrogen) atoms. The van der Waals surface area contributed by atoms with E-state index in [9.17, 15) is 18.0 Å². The van der Waals surface area contributed by atoms with E-state index in [0.717, 1.165) is 22.0 Å². The second-order valence-electron chi connectivity index (χ2n) is 8.37. The predicted octanol–water partition coefficient (Wildman–Crippen LogP) is 3.17. The van der Waals surface area contributed by atoms with Crippen molar-refractivity contribution in [3.63, 3.8) is 0 Å². The zero-order valence-electron chi connectivity index (χ0n) is 20.2. The van der Waals surface area contributed by atoms with Gasteiger partial charge in [-0.3, -0.25) is 9.59 Å². The molecule has 0 aromatic heterocycles. The van der Waals surface area contributed by atoms with Crippen molar-refractivity contribution in [1.29, 1.82) is 0 Å². The molecule has 4 rings (SSSR count). The van der Waals surface area contributed by atoms with Gasteiger partial charge in [-0.2, -0.15) is 0 Å². The average molecular weight is 510 g/mol. The lowest BCUT2D eigenvalue weighted by atomic mass is 10.1. The van der Waals surface area contributed by atoms with E-state index in [1.807, 2.05) is 6.07 Å². The number of anilines is 2. The largest absolute Gasteiger partial charge is 0.497 e. The summed E-state index contributed by atoms with van der Waals surface area (Å²) < 4.78 is 36.1. The van der Waals surface area contributed by atoms with Crippen LogP contribution in [0.4, 0.5) is 11.4 Å². The maximum atomic E-state index is 13.1. The summed E-state index contributed by atoms with van der Waals surface area (Å²) in [6.45, 7) is 0.297. The number of carbonyl (C=O) groups excluding carboxylic acids is 2. The number of carbonyl (C=O) groups is 2. The van der Waals surface area contributed by atoms with Crippen LogP contribution in [-0.4, -0.2) is 58.9 Å². The number of hydrogen-bond acceptors (Lipinski definition) is 6. The van der Waals surface area contributed by atoms with E-state index in [1.165, 1.54) is 38.4 Å². The van der Waals surface area contributed by atoms with Gasteiger partial charge in [0.1, 0.15) is 11.5 Å². The molecule has 0 fully saturated rings. The Labute approximate surface area is 210 Å². The lowest BCUT2D eigenvalue weighted by Crippen LogP contribution is -2.29. The van der Waals surface area contributed by atoms with E-state index in [0.29, 0.717) is 29.3 Å². The first kappa shape index (κ1) is 25.2. The molecule has 3 aromatic carbocycles. The van der Waals surface area contributed by atoms with Gasteiger partial charge in [0.2, 0.25) is 10.0 Å². The van der Waals surface area contributed by atoms with Gasteiger partial charge in [-0.25, -0.2) is 12.7 Å². The van der Waals surface area contributed by atoms with Gasteiger partial charge in [0, 0.05) is 37.6 Å². The highest BCUT2D eigenvalue weighted by atomic mass is 32.2. The van der Waals surface area contributed by atoms with Crippen molar-refractivity contribution in [2.24, 2.45) is 0 Å². The normalized spacial score (nSPS) is 12.8. The van der Waals surface area contributed by atoms with Crippen LogP contribution in [0.3, 0.4) is 0 Å². The number of rotatable bonds is 8. The van der Waals surface area contributed by atoms with Crippen LogP contribution in [0.25, 0.3) is 0 Å². The topological polar surface area (TPSA) is 105 Å². The Morgan fingerprint density at radius 2 is 1.64 bits per heavy atom. The highest BCUT2D eigenvalue weighted by Gasteiger charge is 2.26. The fourth-order valence-corrected chi connectivity index (χ4v) is 4.72. The minimum atomic E-state index is -3.54. The van der Waals surface area contributed by atoms with Gasteiger partial charge in [0.15, 0.2) is 6.61 Å². The molecule has 9 nitrogen and oxygen atoms in total.